The summed E-state index contributed by atoms with van der Waals surface area (Å²) in [5.41, 5.74) is -0.912. The van der Waals surface area contributed by atoms with Crippen LogP contribution in [0.5, 0.6) is 0 Å². The van der Waals surface area contributed by atoms with Crippen LogP contribution in [0.15, 0.2) is 0 Å². The highest BCUT2D eigenvalue weighted by atomic mass is 16.1. The number of hydrogen-bond donors (Lipinski definition) is 0. The topological polar surface area (TPSA) is 17.1 Å². The molecule has 1 aliphatic carbocycles. The molecule has 0 saturated heterocycles. The largest absolute Gasteiger partial charge is 0.297 e. The Bertz CT molecular complexity index is 299. The molecule has 1 nitrogen and oxygen atoms in total. The van der Waals surface area contributed by atoms with E-state index in [1.165, 1.54) is 19.3 Å². The SMILES string of the molecule is C#CC1(C#C)CCCCCCCCCC1=O. The lowest BCUT2D eigenvalue weighted by molar-refractivity contribution is -0.124. The van der Waals surface area contributed by atoms with Crippen LogP contribution in [-0.2, 0) is 4.79 Å². The normalized spacial score (nSPS) is 22.5. The van der Waals surface area contributed by atoms with Crippen LogP contribution in [-0.4, -0.2) is 5.78 Å². The van der Waals surface area contributed by atoms with Gasteiger partial charge < -0.3 is 0 Å². The van der Waals surface area contributed by atoms with E-state index in [4.69, 9.17) is 12.8 Å². The predicted molar refractivity (Wildman–Crippen MR) is 66.7 cm³/mol. The van der Waals surface area contributed by atoms with E-state index in [9.17, 15) is 4.79 Å². The van der Waals surface area contributed by atoms with Crippen molar-refractivity contribution >= 4 is 5.78 Å². The molecular weight excluding hydrogens is 196 g/mol. The third kappa shape index (κ3) is 3.14. The van der Waals surface area contributed by atoms with E-state index in [-0.39, 0.29) is 5.78 Å². The lowest BCUT2D eigenvalue weighted by Crippen LogP contribution is -2.27. The standard InChI is InChI=1S/C15H20O/c1-3-15(4-2)13-11-9-7-5-6-8-10-12-14(15)16/h1-2H,5-13H2. The van der Waals surface area contributed by atoms with Crippen LogP contribution in [0.3, 0.4) is 0 Å². The van der Waals surface area contributed by atoms with Crippen LogP contribution in [0.25, 0.3) is 0 Å². The Balaban J connectivity index is 2.74. The van der Waals surface area contributed by atoms with Gasteiger partial charge in [-0.25, -0.2) is 0 Å². The lowest BCUT2D eigenvalue weighted by atomic mass is 9.78. The second kappa shape index (κ2) is 6.39. The van der Waals surface area contributed by atoms with E-state index < -0.39 is 5.41 Å². The smallest absolute Gasteiger partial charge is 0.162 e. The van der Waals surface area contributed by atoms with Gasteiger partial charge in [0.15, 0.2) is 5.78 Å². The molecule has 0 amide bonds. The minimum Gasteiger partial charge on any atom is -0.297 e. The molecule has 0 unspecified atom stereocenters. The molecule has 0 aromatic carbocycles. The van der Waals surface area contributed by atoms with E-state index in [1.54, 1.807) is 0 Å². The highest BCUT2D eigenvalue weighted by Gasteiger charge is 2.32. The summed E-state index contributed by atoms with van der Waals surface area (Å²) in [6, 6.07) is 0. The maximum absolute atomic E-state index is 12.0. The molecular formula is C15H20O. The number of hydrogen-bond acceptors (Lipinski definition) is 1. The molecule has 0 N–H and O–H groups in total. The maximum Gasteiger partial charge on any atom is 0.162 e. The van der Waals surface area contributed by atoms with Gasteiger partial charge in [0.05, 0.1) is 0 Å². The first-order chi connectivity index (χ1) is 7.75. The molecule has 0 aromatic rings. The molecule has 1 saturated carbocycles. The van der Waals surface area contributed by atoms with Crippen LogP contribution in [0.1, 0.15) is 57.8 Å². The fourth-order valence-electron chi connectivity index (χ4n) is 2.26. The number of carbonyl (C=O) groups excluding carboxylic acids is 1. The van der Waals surface area contributed by atoms with Crippen molar-refractivity contribution in [1.82, 2.24) is 0 Å². The average Bonchev–Trinajstić information content (AvgIpc) is 2.35. The van der Waals surface area contributed by atoms with E-state index in [0.717, 1.165) is 25.7 Å². The molecule has 0 spiro atoms. The van der Waals surface area contributed by atoms with Gasteiger partial charge >= 0.3 is 0 Å². The Hall–Kier alpha value is -1.21. The van der Waals surface area contributed by atoms with Gasteiger partial charge in [0.1, 0.15) is 5.41 Å². The second-order valence-corrected chi connectivity index (χ2v) is 4.59. The molecule has 0 heterocycles. The first-order valence-electron chi connectivity index (χ1n) is 6.24. The summed E-state index contributed by atoms with van der Waals surface area (Å²) in [6.07, 6.45) is 20.1. The van der Waals surface area contributed by atoms with E-state index in [1.807, 2.05) is 0 Å². The summed E-state index contributed by atoms with van der Waals surface area (Å²) >= 11 is 0. The molecule has 1 rings (SSSR count). The van der Waals surface area contributed by atoms with Gasteiger partial charge in [-0.2, -0.15) is 0 Å². The lowest BCUT2D eigenvalue weighted by Gasteiger charge is -2.20. The predicted octanol–water partition coefficient (Wildman–Crippen LogP) is 3.33. The van der Waals surface area contributed by atoms with Crippen molar-refractivity contribution in [2.75, 3.05) is 0 Å². The highest BCUT2D eigenvalue weighted by Crippen LogP contribution is 2.28. The molecule has 0 aliphatic heterocycles. The first kappa shape index (κ1) is 12.9. The molecule has 0 bridgehead atoms. The summed E-state index contributed by atoms with van der Waals surface area (Å²) in [7, 11) is 0. The minimum absolute atomic E-state index is 0.0828. The van der Waals surface area contributed by atoms with Gasteiger partial charge in [-0.15, -0.1) is 12.8 Å². The summed E-state index contributed by atoms with van der Waals surface area (Å²) in [6.45, 7) is 0. The quantitative estimate of drug-likeness (QED) is 0.568. The Morgan fingerprint density at radius 3 is 1.94 bits per heavy atom. The van der Waals surface area contributed by atoms with Crippen molar-refractivity contribution in [3.8, 4) is 24.7 Å². The molecule has 1 fully saturated rings. The number of Topliss-reactive ketones (excluding diaryl/α,β-unsaturated/α-hetero) is 1. The van der Waals surface area contributed by atoms with Gasteiger partial charge in [0.2, 0.25) is 0 Å². The third-order valence-corrected chi connectivity index (χ3v) is 3.42. The van der Waals surface area contributed by atoms with Crippen molar-refractivity contribution in [1.29, 1.82) is 0 Å². The van der Waals surface area contributed by atoms with Gasteiger partial charge in [-0.3, -0.25) is 4.79 Å². The number of rotatable bonds is 0. The van der Waals surface area contributed by atoms with E-state index in [0.29, 0.717) is 12.8 Å². The van der Waals surface area contributed by atoms with Crippen molar-refractivity contribution in [3.63, 3.8) is 0 Å². The zero-order valence-corrected chi connectivity index (χ0v) is 9.93. The summed E-state index contributed by atoms with van der Waals surface area (Å²) in [5.74, 6) is 5.22. The molecule has 0 atom stereocenters. The van der Waals surface area contributed by atoms with Gasteiger partial charge in [0.25, 0.3) is 0 Å². The Morgan fingerprint density at radius 2 is 1.38 bits per heavy atom. The fourth-order valence-corrected chi connectivity index (χ4v) is 2.26. The number of ketones is 1. The highest BCUT2D eigenvalue weighted by molar-refractivity contribution is 5.91. The van der Waals surface area contributed by atoms with Gasteiger partial charge in [0, 0.05) is 6.42 Å². The van der Waals surface area contributed by atoms with Crippen LogP contribution in [0.4, 0.5) is 0 Å². The zero-order chi connectivity index (χ0) is 11.9. The maximum atomic E-state index is 12.0. The molecule has 16 heavy (non-hydrogen) atoms. The molecule has 0 radical (unpaired) electrons. The monoisotopic (exact) mass is 216 g/mol. The van der Waals surface area contributed by atoms with Crippen molar-refractivity contribution < 1.29 is 4.79 Å². The van der Waals surface area contributed by atoms with Gasteiger partial charge in [-0.05, 0) is 12.8 Å². The van der Waals surface area contributed by atoms with Crippen molar-refractivity contribution in [2.24, 2.45) is 5.41 Å². The Kier molecular flexibility index (Phi) is 5.13. The number of carbonyl (C=O) groups is 1. The van der Waals surface area contributed by atoms with Gasteiger partial charge in [-0.1, -0.05) is 50.4 Å². The third-order valence-electron chi connectivity index (χ3n) is 3.42. The zero-order valence-electron chi connectivity index (χ0n) is 9.93. The first-order valence-corrected chi connectivity index (χ1v) is 6.24. The van der Waals surface area contributed by atoms with Crippen molar-refractivity contribution in [3.05, 3.63) is 0 Å². The molecule has 0 aromatic heterocycles. The molecule has 86 valence electrons. The summed E-state index contributed by atoms with van der Waals surface area (Å²) in [5, 5.41) is 0. The summed E-state index contributed by atoms with van der Waals surface area (Å²) < 4.78 is 0. The van der Waals surface area contributed by atoms with Crippen LogP contribution >= 0.6 is 0 Å². The second-order valence-electron chi connectivity index (χ2n) is 4.59. The minimum atomic E-state index is -0.912. The van der Waals surface area contributed by atoms with E-state index in [2.05, 4.69) is 11.8 Å². The number of terminal acetylenes is 2. The van der Waals surface area contributed by atoms with Crippen molar-refractivity contribution in [2.45, 2.75) is 57.8 Å². The summed E-state index contributed by atoms with van der Waals surface area (Å²) in [4.78, 5) is 12.0. The average molecular weight is 216 g/mol. The Morgan fingerprint density at radius 1 is 0.875 bits per heavy atom. The fraction of sp³-hybridized carbons (Fsp3) is 0.667. The molecule has 1 heteroatoms. The Labute approximate surface area is 99.0 Å². The van der Waals surface area contributed by atoms with Crippen LogP contribution in [0, 0.1) is 30.1 Å². The van der Waals surface area contributed by atoms with Crippen LogP contribution < -0.4 is 0 Å². The molecule has 1 aliphatic rings. The van der Waals surface area contributed by atoms with Crippen LogP contribution in [0.2, 0.25) is 0 Å². The van der Waals surface area contributed by atoms with E-state index >= 15 is 0 Å².